The van der Waals surface area contributed by atoms with E-state index in [1.807, 2.05) is 0 Å². The van der Waals surface area contributed by atoms with Crippen LogP contribution >= 0.6 is 11.6 Å². The summed E-state index contributed by atoms with van der Waals surface area (Å²) in [5.41, 5.74) is 4.22. The zero-order chi connectivity index (χ0) is 11.6. The van der Waals surface area contributed by atoms with Crippen LogP contribution in [0.3, 0.4) is 0 Å². The van der Waals surface area contributed by atoms with Gasteiger partial charge in [-0.25, -0.2) is 8.78 Å². The number of halogens is 3. The van der Waals surface area contributed by atoms with Crippen LogP contribution in [0, 0.1) is 10.1 Å². The lowest BCUT2D eigenvalue weighted by Crippen LogP contribution is -2.05. The first-order chi connectivity index (χ1) is 6.99. The number of nitro groups is 1. The summed E-state index contributed by atoms with van der Waals surface area (Å²) in [4.78, 5) is 12.9. The highest BCUT2D eigenvalue weighted by molar-refractivity contribution is 6.17. The number of nitrogen functional groups attached to an aromatic ring is 1. The third-order valence-electron chi connectivity index (χ3n) is 1.77. The van der Waals surface area contributed by atoms with Gasteiger partial charge in [0.05, 0.1) is 22.7 Å². The summed E-state index contributed by atoms with van der Waals surface area (Å²) < 4.78 is 24.7. The number of alkyl halides is 3. The molecule has 15 heavy (non-hydrogen) atoms. The van der Waals surface area contributed by atoms with Gasteiger partial charge < -0.3 is 15.8 Å². The van der Waals surface area contributed by atoms with Gasteiger partial charge in [-0.05, 0) is 9.91 Å². The summed E-state index contributed by atoms with van der Waals surface area (Å²) in [7, 11) is 0. The molecule has 0 spiro atoms. The van der Waals surface area contributed by atoms with Gasteiger partial charge in [0.1, 0.15) is 0 Å². The van der Waals surface area contributed by atoms with Crippen LogP contribution in [0.2, 0.25) is 0 Å². The zero-order valence-electron chi connectivity index (χ0n) is 7.28. The van der Waals surface area contributed by atoms with E-state index in [2.05, 4.69) is 4.98 Å². The van der Waals surface area contributed by atoms with E-state index in [-0.39, 0.29) is 17.1 Å². The summed E-state index contributed by atoms with van der Waals surface area (Å²) in [5.74, 6) is -0.928. The fourth-order valence-electron chi connectivity index (χ4n) is 1.04. The second-order valence-corrected chi connectivity index (χ2v) is 2.89. The molecule has 0 unspecified atom stereocenters. The minimum atomic E-state index is -2.83. The molecule has 8 heteroatoms. The van der Waals surface area contributed by atoms with Crippen molar-refractivity contribution in [3.63, 3.8) is 0 Å². The predicted octanol–water partition coefficient (Wildman–Crippen LogP) is 2.25. The third-order valence-corrected chi connectivity index (χ3v) is 2.04. The zero-order valence-corrected chi connectivity index (χ0v) is 8.04. The minimum absolute atomic E-state index is 0.181. The Labute approximate surface area is 88.0 Å². The van der Waals surface area contributed by atoms with Gasteiger partial charge in [-0.1, -0.05) is 0 Å². The molecule has 5 nitrogen and oxygen atoms in total. The number of anilines is 1. The van der Waals surface area contributed by atoms with Crippen LogP contribution in [0.25, 0.3) is 0 Å². The Morgan fingerprint density at radius 2 is 2.27 bits per heavy atom. The fraction of sp³-hybridized carbons (Fsp3) is 0.286. The summed E-state index contributed by atoms with van der Waals surface area (Å²) in [5, 5.41) is 10.5. The van der Waals surface area contributed by atoms with E-state index in [1.54, 1.807) is 0 Å². The molecular formula is C7H6ClF2N3O2. The topological polar surface area (TPSA) is 82.0 Å². The van der Waals surface area contributed by atoms with Crippen molar-refractivity contribution in [3.8, 4) is 0 Å². The first kappa shape index (κ1) is 11.6. The third kappa shape index (κ3) is 2.12. The number of nitrogens with two attached hydrogens (primary N) is 1. The van der Waals surface area contributed by atoms with Gasteiger partial charge in [-0.2, -0.15) is 0 Å². The van der Waals surface area contributed by atoms with Gasteiger partial charge in [0.15, 0.2) is 6.20 Å². The van der Waals surface area contributed by atoms with Gasteiger partial charge in [0, 0.05) is 0 Å². The Balaban J connectivity index is 3.39. The van der Waals surface area contributed by atoms with Crippen LogP contribution in [-0.4, -0.2) is 9.91 Å². The van der Waals surface area contributed by atoms with Crippen LogP contribution in [0.4, 0.5) is 20.3 Å². The maximum Gasteiger partial charge on any atom is 0.369 e. The lowest BCUT2D eigenvalue weighted by Gasteiger charge is -2.06. The Morgan fingerprint density at radius 3 is 2.67 bits per heavy atom. The molecule has 1 rings (SSSR count). The van der Waals surface area contributed by atoms with Crippen molar-refractivity contribution in [2.24, 2.45) is 0 Å². The van der Waals surface area contributed by atoms with Crippen molar-refractivity contribution in [2.75, 3.05) is 5.73 Å². The van der Waals surface area contributed by atoms with Crippen LogP contribution in [0.15, 0.2) is 6.20 Å². The van der Waals surface area contributed by atoms with Crippen LogP contribution < -0.4 is 5.73 Å². The molecule has 82 valence electrons. The summed E-state index contributed by atoms with van der Waals surface area (Å²) in [6.07, 6.45) is -2.14. The molecule has 0 fully saturated rings. The summed E-state index contributed by atoms with van der Waals surface area (Å²) in [6, 6.07) is 0. The Hall–Kier alpha value is -1.50. The number of nitrogens with zero attached hydrogens (tertiary/aromatic N) is 2. The van der Waals surface area contributed by atoms with E-state index in [4.69, 9.17) is 17.3 Å². The minimum Gasteiger partial charge on any atom is -0.398 e. The van der Waals surface area contributed by atoms with Crippen molar-refractivity contribution >= 4 is 23.1 Å². The predicted molar refractivity (Wildman–Crippen MR) is 49.8 cm³/mol. The van der Waals surface area contributed by atoms with Crippen LogP contribution in [0.5, 0.6) is 0 Å². The lowest BCUT2D eigenvalue weighted by molar-refractivity contribution is -0.390. The largest absolute Gasteiger partial charge is 0.398 e. The lowest BCUT2D eigenvalue weighted by atomic mass is 10.1. The van der Waals surface area contributed by atoms with E-state index >= 15 is 0 Å². The molecule has 0 saturated heterocycles. The van der Waals surface area contributed by atoms with Crippen molar-refractivity contribution < 1.29 is 13.7 Å². The first-order valence-electron chi connectivity index (χ1n) is 3.74. The standard InChI is InChI=1S/C7H6ClF2N3O2/c8-1-3-5(11)4(6(9)10)2-12-7(3)13(14)15/h2,6H,1H2,(H2,11,12). The molecule has 0 aromatic carbocycles. The van der Waals surface area contributed by atoms with Crippen molar-refractivity contribution in [2.45, 2.75) is 12.3 Å². The first-order valence-corrected chi connectivity index (χ1v) is 4.28. The van der Waals surface area contributed by atoms with E-state index in [9.17, 15) is 18.9 Å². The molecule has 0 aliphatic carbocycles. The maximum atomic E-state index is 12.3. The Bertz CT molecular complexity index is 400. The van der Waals surface area contributed by atoms with Gasteiger partial charge in [0.25, 0.3) is 6.43 Å². The molecule has 2 N–H and O–H groups in total. The summed E-state index contributed by atoms with van der Waals surface area (Å²) in [6.45, 7) is 0. The number of hydrogen-bond donors (Lipinski definition) is 1. The fourth-order valence-corrected chi connectivity index (χ4v) is 1.30. The molecule has 0 bridgehead atoms. The smallest absolute Gasteiger partial charge is 0.369 e. The molecule has 0 aliphatic heterocycles. The van der Waals surface area contributed by atoms with Crippen molar-refractivity contribution in [1.29, 1.82) is 0 Å². The van der Waals surface area contributed by atoms with Gasteiger partial charge >= 0.3 is 5.82 Å². The van der Waals surface area contributed by atoms with E-state index in [0.29, 0.717) is 6.20 Å². The van der Waals surface area contributed by atoms with E-state index in [0.717, 1.165) is 0 Å². The molecule has 0 aliphatic rings. The van der Waals surface area contributed by atoms with E-state index < -0.39 is 22.7 Å². The molecule has 0 atom stereocenters. The number of aromatic nitrogens is 1. The molecule has 1 aromatic heterocycles. The normalized spacial score (nSPS) is 10.7. The van der Waals surface area contributed by atoms with Crippen LogP contribution in [-0.2, 0) is 5.88 Å². The Morgan fingerprint density at radius 1 is 1.67 bits per heavy atom. The van der Waals surface area contributed by atoms with Gasteiger partial charge in [-0.15, -0.1) is 11.6 Å². The highest BCUT2D eigenvalue weighted by atomic mass is 35.5. The average molecular weight is 238 g/mol. The second-order valence-electron chi connectivity index (χ2n) is 2.62. The van der Waals surface area contributed by atoms with Crippen molar-refractivity contribution in [3.05, 3.63) is 27.4 Å². The second kappa shape index (κ2) is 4.35. The summed E-state index contributed by atoms with van der Waals surface area (Å²) >= 11 is 5.39. The monoisotopic (exact) mass is 237 g/mol. The number of hydrogen-bond acceptors (Lipinski definition) is 4. The van der Waals surface area contributed by atoms with E-state index in [1.165, 1.54) is 0 Å². The number of rotatable bonds is 3. The molecule has 0 radical (unpaired) electrons. The molecule has 0 amide bonds. The SMILES string of the molecule is Nc1c(C(F)F)cnc([N+](=O)[O-])c1CCl. The molecule has 1 heterocycles. The molecule has 1 aromatic rings. The maximum absolute atomic E-state index is 12.3. The molecule has 0 saturated carbocycles. The van der Waals surface area contributed by atoms with Crippen LogP contribution in [0.1, 0.15) is 17.6 Å². The molecular weight excluding hydrogens is 232 g/mol. The number of pyridine rings is 1. The highest BCUT2D eigenvalue weighted by Gasteiger charge is 2.24. The highest BCUT2D eigenvalue weighted by Crippen LogP contribution is 2.32. The average Bonchev–Trinajstić information content (AvgIpc) is 2.16. The quantitative estimate of drug-likeness (QED) is 0.497. The van der Waals surface area contributed by atoms with Gasteiger partial charge in [0.2, 0.25) is 0 Å². The van der Waals surface area contributed by atoms with Gasteiger partial charge in [-0.3, -0.25) is 0 Å². The van der Waals surface area contributed by atoms with Crippen molar-refractivity contribution in [1.82, 2.24) is 4.98 Å². The Kier molecular flexibility index (Phi) is 3.35.